The predicted octanol–water partition coefficient (Wildman–Crippen LogP) is 4.98. The molecule has 176 valence electrons. The molecule has 35 heavy (non-hydrogen) atoms. The average molecular weight is 485 g/mol. The van der Waals surface area contributed by atoms with Crippen molar-refractivity contribution in [2.45, 2.75) is 18.7 Å². The van der Waals surface area contributed by atoms with Crippen LogP contribution in [0.15, 0.2) is 78.0 Å². The highest BCUT2D eigenvalue weighted by atomic mass is 32.2. The van der Waals surface area contributed by atoms with Crippen LogP contribution in [0, 0.1) is 6.92 Å². The van der Waals surface area contributed by atoms with Crippen LogP contribution >= 0.6 is 11.8 Å². The molecule has 0 saturated heterocycles. The van der Waals surface area contributed by atoms with E-state index in [-0.39, 0.29) is 18.3 Å². The fraction of sp³-hybridized carbons (Fsp3) is 0.154. The maximum absolute atomic E-state index is 12.3. The van der Waals surface area contributed by atoms with Gasteiger partial charge in [-0.2, -0.15) is 0 Å². The number of para-hydroxylation sites is 2. The van der Waals surface area contributed by atoms with Crippen LogP contribution in [-0.4, -0.2) is 36.4 Å². The Bertz CT molecular complexity index is 1420. The monoisotopic (exact) mass is 484 g/mol. The Morgan fingerprint density at radius 3 is 2.57 bits per heavy atom. The van der Waals surface area contributed by atoms with Crippen LogP contribution in [0.3, 0.4) is 0 Å². The van der Waals surface area contributed by atoms with Gasteiger partial charge in [0.25, 0.3) is 0 Å². The van der Waals surface area contributed by atoms with E-state index in [1.54, 1.807) is 0 Å². The number of carbonyl (C=O) groups is 1. The Morgan fingerprint density at radius 1 is 1.03 bits per heavy atom. The Balaban J connectivity index is 1.15. The van der Waals surface area contributed by atoms with Crippen LogP contribution in [0.25, 0.3) is 22.4 Å². The SMILES string of the molecule is Cc1ccc(NC(=O)CSc2nnc(COc3ccc(-c4nc5ccccc5[nH]4)cc3)n2C)cc1. The molecule has 0 aliphatic carbocycles. The second kappa shape index (κ2) is 10.0. The quantitative estimate of drug-likeness (QED) is 0.302. The summed E-state index contributed by atoms with van der Waals surface area (Å²) in [6.45, 7) is 2.28. The van der Waals surface area contributed by atoms with E-state index in [0.29, 0.717) is 11.0 Å². The van der Waals surface area contributed by atoms with Gasteiger partial charge in [-0.15, -0.1) is 10.2 Å². The number of anilines is 1. The van der Waals surface area contributed by atoms with Gasteiger partial charge in [-0.05, 0) is 55.5 Å². The second-order valence-corrected chi connectivity index (χ2v) is 9.02. The van der Waals surface area contributed by atoms with Gasteiger partial charge in [0.1, 0.15) is 18.2 Å². The highest BCUT2D eigenvalue weighted by Crippen LogP contribution is 2.23. The maximum atomic E-state index is 12.3. The Kier molecular flexibility index (Phi) is 6.49. The number of hydrogen-bond donors (Lipinski definition) is 2. The van der Waals surface area contributed by atoms with Crippen molar-refractivity contribution in [2.75, 3.05) is 11.1 Å². The Hall–Kier alpha value is -4.11. The van der Waals surface area contributed by atoms with E-state index in [4.69, 9.17) is 4.74 Å². The molecule has 0 saturated carbocycles. The van der Waals surface area contributed by atoms with Crippen LogP contribution in [0.1, 0.15) is 11.4 Å². The summed E-state index contributed by atoms with van der Waals surface area (Å²) in [6.07, 6.45) is 0. The molecule has 0 spiro atoms. The minimum absolute atomic E-state index is 0.0933. The Morgan fingerprint density at radius 2 is 1.80 bits per heavy atom. The summed E-state index contributed by atoms with van der Waals surface area (Å²) in [5, 5.41) is 12.0. The van der Waals surface area contributed by atoms with E-state index < -0.39 is 0 Å². The number of carbonyl (C=O) groups excluding carboxylic acids is 1. The number of aromatic nitrogens is 5. The molecule has 2 N–H and O–H groups in total. The van der Waals surface area contributed by atoms with Crippen LogP contribution in [0.5, 0.6) is 5.75 Å². The van der Waals surface area contributed by atoms with Crippen molar-refractivity contribution in [3.63, 3.8) is 0 Å². The summed E-state index contributed by atoms with van der Waals surface area (Å²) in [7, 11) is 1.86. The zero-order chi connectivity index (χ0) is 24.2. The first kappa shape index (κ1) is 22.7. The smallest absolute Gasteiger partial charge is 0.234 e. The van der Waals surface area contributed by atoms with E-state index in [1.165, 1.54) is 11.8 Å². The number of aryl methyl sites for hydroxylation is 1. The third-order valence-corrected chi connectivity index (χ3v) is 6.50. The molecule has 0 aliphatic heterocycles. The van der Waals surface area contributed by atoms with Gasteiger partial charge in [0, 0.05) is 18.3 Å². The number of aromatic amines is 1. The Labute approximate surface area is 206 Å². The number of benzene rings is 3. The zero-order valence-corrected chi connectivity index (χ0v) is 20.2. The lowest BCUT2D eigenvalue weighted by Crippen LogP contribution is -2.14. The number of imidazole rings is 1. The molecule has 0 fully saturated rings. The molecule has 1 amide bonds. The van der Waals surface area contributed by atoms with Gasteiger partial charge >= 0.3 is 0 Å². The van der Waals surface area contributed by atoms with Crippen LogP contribution in [0.4, 0.5) is 5.69 Å². The number of fused-ring (bicyclic) bond motifs is 1. The topological polar surface area (TPSA) is 97.7 Å². The standard InChI is InChI=1S/C26H24N6O2S/c1-17-7-11-19(12-8-17)27-24(33)16-35-26-31-30-23(32(26)2)15-34-20-13-9-18(10-14-20)25-28-21-5-3-4-6-22(21)29-25/h3-14H,15-16H2,1-2H3,(H,27,33)(H,28,29). The number of nitrogens with one attached hydrogen (secondary N) is 2. The average Bonchev–Trinajstić information content (AvgIpc) is 3.46. The number of H-pyrrole nitrogens is 1. The molecule has 3 aromatic carbocycles. The third-order valence-electron chi connectivity index (χ3n) is 5.48. The van der Waals surface area contributed by atoms with Crippen molar-refractivity contribution in [3.8, 4) is 17.1 Å². The van der Waals surface area contributed by atoms with Gasteiger partial charge in [0.05, 0.1) is 16.8 Å². The molecule has 0 aliphatic rings. The van der Waals surface area contributed by atoms with Gasteiger partial charge in [-0.1, -0.05) is 41.6 Å². The van der Waals surface area contributed by atoms with Gasteiger partial charge in [-0.3, -0.25) is 4.79 Å². The highest BCUT2D eigenvalue weighted by molar-refractivity contribution is 7.99. The molecular weight excluding hydrogens is 460 g/mol. The molecule has 5 rings (SSSR count). The van der Waals surface area contributed by atoms with Crippen LogP contribution in [-0.2, 0) is 18.4 Å². The summed E-state index contributed by atoms with van der Waals surface area (Å²) in [6, 6.07) is 23.4. The van der Waals surface area contributed by atoms with Crippen molar-refractivity contribution in [2.24, 2.45) is 7.05 Å². The van der Waals surface area contributed by atoms with Gasteiger partial charge in [0.15, 0.2) is 11.0 Å². The van der Waals surface area contributed by atoms with E-state index in [9.17, 15) is 4.79 Å². The summed E-state index contributed by atoms with van der Waals surface area (Å²) in [5.41, 5.74) is 4.85. The first-order valence-corrected chi connectivity index (χ1v) is 12.1. The van der Waals surface area contributed by atoms with Gasteiger partial charge < -0.3 is 19.6 Å². The second-order valence-electron chi connectivity index (χ2n) is 8.08. The molecular formula is C26H24N6O2S. The number of hydrogen-bond acceptors (Lipinski definition) is 6. The predicted molar refractivity (Wildman–Crippen MR) is 137 cm³/mol. The maximum Gasteiger partial charge on any atom is 0.234 e. The molecule has 9 heteroatoms. The lowest BCUT2D eigenvalue weighted by Gasteiger charge is -2.08. The number of nitrogens with zero attached hydrogens (tertiary/aromatic N) is 4. The molecule has 5 aromatic rings. The minimum atomic E-state index is -0.0933. The van der Waals surface area contributed by atoms with Gasteiger partial charge in [0.2, 0.25) is 5.91 Å². The first-order valence-electron chi connectivity index (χ1n) is 11.1. The number of thioether (sulfide) groups is 1. The van der Waals surface area contributed by atoms with Gasteiger partial charge in [-0.25, -0.2) is 4.98 Å². The molecule has 2 aromatic heterocycles. The number of amides is 1. The third kappa shape index (κ3) is 5.36. The first-order chi connectivity index (χ1) is 17.0. The van der Waals surface area contributed by atoms with Crippen molar-refractivity contribution >= 4 is 34.4 Å². The summed E-state index contributed by atoms with van der Waals surface area (Å²) in [4.78, 5) is 20.2. The lowest BCUT2D eigenvalue weighted by molar-refractivity contribution is -0.113. The van der Waals surface area contributed by atoms with Crippen molar-refractivity contribution in [3.05, 3.63) is 84.2 Å². The molecule has 8 nitrogen and oxygen atoms in total. The molecule has 0 atom stereocenters. The van der Waals surface area contributed by atoms with Crippen molar-refractivity contribution in [1.82, 2.24) is 24.7 Å². The summed E-state index contributed by atoms with van der Waals surface area (Å²) >= 11 is 1.33. The molecule has 0 bridgehead atoms. The number of rotatable bonds is 8. The summed E-state index contributed by atoms with van der Waals surface area (Å²) in [5.74, 6) is 2.36. The van der Waals surface area contributed by atoms with E-state index in [0.717, 1.165) is 39.4 Å². The fourth-order valence-corrected chi connectivity index (χ4v) is 4.24. The van der Waals surface area contributed by atoms with E-state index >= 15 is 0 Å². The van der Waals surface area contributed by atoms with Crippen LogP contribution < -0.4 is 10.1 Å². The molecule has 0 unspecified atom stereocenters. The largest absolute Gasteiger partial charge is 0.486 e. The molecule has 0 radical (unpaired) electrons. The van der Waals surface area contributed by atoms with E-state index in [1.807, 2.05) is 91.3 Å². The molecule has 2 heterocycles. The zero-order valence-electron chi connectivity index (χ0n) is 19.4. The lowest BCUT2D eigenvalue weighted by atomic mass is 10.2. The normalized spacial score (nSPS) is 11.0. The van der Waals surface area contributed by atoms with E-state index in [2.05, 4.69) is 25.5 Å². The fourth-order valence-electron chi connectivity index (χ4n) is 3.51. The van der Waals surface area contributed by atoms with Crippen LogP contribution in [0.2, 0.25) is 0 Å². The minimum Gasteiger partial charge on any atom is -0.486 e. The van der Waals surface area contributed by atoms with Crippen molar-refractivity contribution < 1.29 is 9.53 Å². The number of ether oxygens (including phenoxy) is 1. The highest BCUT2D eigenvalue weighted by Gasteiger charge is 2.13. The van der Waals surface area contributed by atoms with Crippen molar-refractivity contribution in [1.29, 1.82) is 0 Å². The summed E-state index contributed by atoms with van der Waals surface area (Å²) < 4.78 is 7.75.